The highest BCUT2D eigenvalue weighted by molar-refractivity contribution is 6.31. The van der Waals surface area contributed by atoms with E-state index in [-0.39, 0.29) is 24.4 Å². The summed E-state index contributed by atoms with van der Waals surface area (Å²) in [5.74, 6) is 0.747. The van der Waals surface area contributed by atoms with Crippen molar-refractivity contribution in [2.24, 2.45) is 5.92 Å². The fourth-order valence-corrected chi connectivity index (χ4v) is 3.60. The molecule has 0 radical (unpaired) electrons. The predicted molar refractivity (Wildman–Crippen MR) is 110 cm³/mol. The monoisotopic (exact) mass is 392 g/mol. The van der Waals surface area contributed by atoms with Gasteiger partial charge in [-0.05, 0) is 55.5 Å². The fraction of sp³-hybridized carbons (Fsp3) is 0.381. The van der Waals surface area contributed by atoms with Crippen LogP contribution >= 0.6 is 24.0 Å². The summed E-state index contributed by atoms with van der Waals surface area (Å²) >= 11 is 6.32. The van der Waals surface area contributed by atoms with Crippen LogP contribution in [0.3, 0.4) is 0 Å². The van der Waals surface area contributed by atoms with E-state index in [1.165, 1.54) is 6.42 Å². The Morgan fingerprint density at radius 1 is 1.15 bits per heavy atom. The van der Waals surface area contributed by atoms with Gasteiger partial charge in [0, 0.05) is 11.4 Å². The largest absolute Gasteiger partial charge is 0.349 e. The standard InChI is InChI=1S/C21H25ClN2O.ClH/c22-19-9-5-4-8-18(19)14-20(17-6-2-1-3-7-17)24-21(25)11-10-16-12-13-23-15-16;/h1-9,16,20,23H,10-15H2,(H,24,25);1H. The van der Waals surface area contributed by atoms with Gasteiger partial charge in [-0.3, -0.25) is 4.79 Å². The molecule has 3 rings (SSSR count). The van der Waals surface area contributed by atoms with Crippen LogP contribution in [0, 0.1) is 5.92 Å². The summed E-state index contributed by atoms with van der Waals surface area (Å²) in [7, 11) is 0. The lowest BCUT2D eigenvalue weighted by atomic mass is 9.97. The van der Waals surface area contributed by atoms with E-state index < -0.39 is 0 Å². The first kappa shape index (κ1) is 20.8. The fourth-order valence-electron chi connectivity index (χ4n) is 3.38. The van der Waals surface area contributed by atoms with Gasteiger partial charge in [0.25, 0.3) is 0 Å². The molecule has 1 aliphatic heterocycles. The summed E-state index contributed by atoms with van der Waals surface area (Å²) in [6, 6.07) is 17.9. The number of halogens is 2. The van der Waals surface area contributed by atoms with E-state index in [0.29, 0.717) is 18.8 Å². The quantitative estimate of drug-likeness (QED) is 0.725. The molecule has 2 aromatic carbocycles. The average Bonchev–Trinajstić information content (AvgIpc) is 3.15. The third kappa shape index (κ3) is 6.01. The molecule has 1 saturated heterocycles. The molecular weight excluding hydrogens is 367 g/mol. The minimum Gasteiger partial charge on any atom is -0.349 e. The Hall–Kier alpha value is -1.55. The number of carbonyl (C=O) groups excluding carboxylic acids is 1. The van der Waals surface area contributed by atoms with Gasteiger partial charge in [0.15, 0.2) is 0 Å². The minimum atomic E-state index is -0.0599. The number of rotatable bonds is 7. The Morgan fingerprint density at radius 2 is 1.88 bits per heavy atom. The zero-order chi connectivity index (χ0) is 17.5. The average molecular weight is 393 g/mol. The van der Waals surface area contributed by atoms with Crippen molar-refractivity contribution in [3.63, 3.8) is 0 Å². The van der Waals surface area contributed by atoms with Crippen LogP contribution < -0.4 is 10.6 Å². The molecule has 1 heterocycles. The molecule has 1 fully saturated rings. The molecule has 140 valence electrons. The summed E-state index contributed by atoms with van der Waals surface area (Å²) in [6.07, 6.45) is 3.40. The van der Waals surface area contributed by atoms with Crippen molar-refractivity contribution < 1.29 is 4.79 Å². The van der Waals surface area contributed by atoms with Crippen molar-refractivity contribution in [3.05, 3.63) is 70.7 Å². The molecule has 2 atom stereocenters. The first-order valence-electron chi connectivity index (χ1n) is 9.01. The van der Waals surface area contributed by atoms with Crippen molar-refractivity contribution in [1.82, 2.24) is 10.6 Å². The number of hydrogen-bond donors (Lipinski definition) is 2. The predicted octanol–water partition coefficient (Wildman–Crippen LogP) is 4.55. The summed E-state index contributed by atoms with van der Waals surface area (Å²) in [6.45, 7) is 2.11. The minimum absolute atomic E-state index is 0. The van der Waals surface area contributed by atoms with Gasteiger partial charge in [-0.15, -0.1) is 12.4 Å². The number of hydrogen-bond acceptors (Lipinski definition) is 2. The summed E-state index contributed by atoms with van der Waals surface area (Å²) < 4.78 is 0. The first-order chi connectivity index (χ1) is 12.2. The van der Waals surface area contributed by atoms with Crippen molar-refractivity contribution in [1.29, 1.82) is 0 Å². The molecule has 0 aromatic heterocycles. The van der Waals surface area contributed by atoms with E-state index in [1.54, 1.807) is 0 Å². The molecular formula is C21H26Cl2N2O. The molecule has 0 spiro atoms. The van der Waals surface area contributed by atoms with Crippen LogP contribution in [-0.2, 0) is 11.2 Å². The molecule has 0 aliphatic carbocycles. The van der Waals surface area contributed by atoms with E-state index in [2.05, 4.69) is 22.8 Å². The van der Waals surface area contributed by atoms with Crippen LogP contribution in [0.5, 0.6) is 0 Å². The second-order valence-electron chi connectivity index (χ2n) is 6.72. The zero-order valence-corrected chi connectivity index (χ0v) is 16.4. The van der Waals surface area contributed by atoms with Crippen molar-refractivity contribution >= 4 is 29.9 Å². The molecule has 0 bridgehead atoms. The number of amides is 1. The maximum Gasteiger partial charge on any atom is 0.220 e. The van der Waals surface area contributed by atoms with Crippen LogP contribution in [0.25, 0.3) is 0 Å². The summed E-state index contributed by atoms with van der Waals surface area (Å²) in [5, 5.41) is 7.32. The normalized spacial score (nSPS) is 17.3. The van der Waals surface area contributed by atoms with Crippen LogP contribution in [0.15, 0.2) is 54.6 Å². The first-order valence-corrected chi connectivity index (χ1v) is 9.38. The molecule has 2 unspecified atom stereocenters. The van der Waals surface area contributed by atoms with Crippen LogP contribution in [0.4, 0.5) is 0 Å². The van der Waals surface area contributed by atoms with Crippen molar-refractivity contribution in [2.45, 2.75) is 31.7 Å². The van der Waals surface area contributed by atoms with E-state index in [9.17, 15) is 4.79 Å². The molecule has 26 heavy (non-hydrogen) atoms. The number of nitrogens with one attached hydrogen (secondary N) is 2. The lowest BCUT2D eigenvalue weighted by Crippen LogP contribution is -2.30. The van der Waals surface area contributed by atoms with Gasteiger partial charge in [-0.2, -0.15) is 0 Å². The molecule has 1 aliphatic rings. The van der Waals surface area contributed by atoms with E-state index >= 15 is 0 Å². The Labute approximate surface area is 166 Å². The Bertz CT molecular complexity index is 687. The van der Waals surface area contributed by atoms with Crippen LogP contribution in [0.1, 0.15) is 36.4 Å². The van der Waals surface area contributed by atoms with Gasteiger partial charge in [-0.25, -0.2) is 0 Å². The molecule has 0 saturated carbocycles. The van der Waals surface area contributed by atoms with Gasteiger partial charge in [0.05, 0.1) is 6.04 Å². The Balaban J connectivity index is 0.00000243. The molecule has 2 N–H and O–H groups in total. The number of carbonyl (C=O) groups is 1. The molecule has 2 aromatic rings. The highest BCUT2D eigenvalue weighted by Crippen LogP contribution is 2.24. The smallest absolute Gasteiger partial charge is 0.220 e. The molecule has 3 nitrogen and oxygen atoms in total. The highest BCUT2D eigenvalue weighted by atomic mass is 35.5. The van der Waals surface area contributed by atoms with Crippen LogP contribution in [-0.4, -0.2) is 19.0 Å². The number of benzene rings is 2. The van der Waals surface area contributed by atoms with Gasteiger partial charge in [0.2, 0.25) is 5.91 Å². The summed E-state index contributed by atoms with van der Waals surface area (Å²) in [4.78, 5) is 12.5. The van der Waals surface area contributed by atoms with E-state index in [4.69, 9.17) is 11.6 Å². The van der Waals surface area contributed by atoms with Gasteiger partial charge in [-0.1, -0.05) is 60.1 Å². The maximum absolute atomic E-state index is 12.5. The van der Waals surface area contributed by atoms with E-state index in [0.717, 1.165) is 35.7 Å². The maximum atomic E-state index is 12.5. The van der Waals surface area contributed by atoms with Gasteiger partial charge in [0.1, 0.15) is 0 Å². The summed E-state index contributed by atoms with van der Waals surface area (Å²) in [5.41, 5.74) is 2.16. The highest BCUT2D eigenvalue weighted by Gasteiger charge is 2.19. The Kier molecular flexibility index (Phi) is 8.43. The SMILES string of the molecule is Cl.O=C(CCC1CCNC1)NC(Cc1ccccc1Cl)c1ccccc1. The second-order valence-corrected chi connectivity index (χ2v) is 7.13. The molecule has 5 heteroatoms. The molecule has 1 amide bonds. The zero-order valence-electron chi connectivity index (χ0n) is 14.8. The van der Waals surface area contributed by atoms with Crippen molar-refractivity contribution in [3.8, 4) is 0 Å². The third-order valence-corrected chi connectivity index (χ3v) is 5.23. The Morgan fingerprint density at radius 3 is 2.58 bits per heavy atom. The van der Waals surface area contributed by atoms with Gasteiger partial charge < -0.3 is 10.6 Å². The van der Waals surface area contributed by atoms with Crippen molar-refractivity contribution in [2.75, 3.05) is 13.1 Å². The lowest BCUT2D eigenvalue weighted by molar-refractivity contribution is -0.122. The van der Waals surface area contributed by atoms with Gasteiger partial charge >= 0.3 is 0 Å². The lowest BCUT2D eigenvalue weighted by Gasteiger charge is -2.20. The third-order valence-electron chi connectivity index (χ3n) is 4.86. The van der Waals surface area contributed by atoms with E-state index in [1.807, 2.05) is 42.5 Å². The van der Waals surface area contributed by atoms with Crippen LogP contribution in [0.2, 0.25) is 5.02 Å². The topological polar surface area (TPSA) is 41.1 Å². The second kappa shape index (κ2) is 10.6.